The summed E-state index contributed by atoms with van der Waals surface area (Å²) in [6.45, 7) is 2.27. The number of amides is 1. The van der Waals surface area contributed by atoms with E-state index in [4.69, 9.17) is 0 Å². The summed E-state index contributed by atoms with van der Waals surface area (Å²) in [4.78, 5) is 13.1. The number of hydrogen-bond donors (Lipinski definition) is 2. The van der Waals surface area contributed by atoms with E-state index in [0.717, 1.165) is 34.3 Å². The number of thiophene rings is 1. The summed E-state index contributed by atoms with van der Waals surface area (Å²) in [5, 5.41) is 13.1. The van der Waals surface area contributed by atoms with Crippen LogP contribution in [0.1, 0.15) is 43.4 Å². The highest BCUT2D eigenvalue weighted by Gasteiger charge is 2.31. The summed E-state index contributed by atoms with van der Waals surface area (Å²) in [6, 6.07) is 3.91. The zero-order valence-corrected chi connectivity index (χ0v) is 12.8. The lowest BCUT2D eigenvalue weighted by Crippen LogP contribution is -2.42. The molecule has 100 valence electrons. The highest BCUT2D eigenvalue weighted by molar-refractivity contribution is 9.11. The van der Waals surface area contributed by atoms with Crippen LogP contribution in [-0.2, 0) is 4.79 Å². The summed E-state index contributed by atoms with van der Waals surface area (Å²) < 4.78 is 1.03. The SMILES string of the molecule is CC(C(=O)NCC1(O)CCCC1)c1ccc(Br)s1. The molecule has 2 rings (SSSR count). The van der Waals surface area contributed by atoms with Gasteiger partial charge in [0.1, 0.15) is 0 Å². The van der Waals surface area contributed by atoms with Crippen LogP contribution in [-0.4, -0.2) is 23.2 Å². The first-order valence-electron chi connectivity index (χ1n) is 6.25. The standard InChI is InChI=1S/C13H18BrNO2S/c1-9(10-4-5-11(14)18-10)12(16)15-8-13(17)6-2-3-7-13/h4-5,9,17H,2-3,6-8H2,1H3,(H,15,16). The summed E-state index contributed by atoms with van der Waals surface area (Å²) in [5.74, 6) is -0.170. The van der Waals surface area contributed by atoms with Gasteiger partial charge >= 0.3 is 0 Å². The molecule has 1 heterocycles. The van der Waals surface area contributed by atoms with Gasteiger partial charge in [0.25, 0.3) is 0 Å². The fourth-order valence-corrected chi connectivity index (χ4v) is 3.78. The lowest BCUT2D eigenvalue weighted by molar-refractivity contribution is -0.123. The number of rotatable bonds is 4. The molecule has 0 aliphatic heterocycles. The quantitative estimate of drug-likeness (QED) is 0.890. The zero-order chi connectivity index (χ0) is 13.2. The maximum absolute atomic E-state index is 12.0. The van der Waals surface area contributed by atoms with Crippen LogP contribution in [0.25, 0.3) is 0 Å². The summed E-state index contributed by atoms with van der Waals surface area (Å²) in [5.41, 5.74) is -0.675. The van der Waals surface area contributed by atoms with Gasteiger partial charge in [0.05, 0.1) is 15.3 Å². The molecule has 0 aromatic carbocycles. The third-order valence-corrected chi connectivity index (χ3v) is 5.35. The van der Waals surface area contributed by atoms with E-state index in [1.807, 2.05) is 19.1 Å². The van der Waals surface area contributed by atoms with Gasteiger partial charge in [-0.2, -0.15) is 0 Å². The Morgan fingerprint density at radius 3 is 2.78 bits per heavy atom. The molecule has 1 aliphatic rings. The van der Waals surface area contributed by atoms with E-state index in [2.05, 4.69) is 21.2 Å². The predicted molar refractivity (Wildman–Crippen MR) is 76.9 cm³/mol. The molecule has 0 saturated heterocycles. The van der Waals surface area contributed by atoms with Gasteiger partial charge in [0, 0.05) is 11.4 Å². The van der Waals surface area contributed by atoms with Gasteiger partial charge in [-0.3, -0.25) is 4.79 Å². The number of nitrogens with one attached hydrogen (secondary N) is 1. The maximum Gasteiger partial charge on any atom is 0.228 e. The van der Waals surface area contributed by atoms with Crippen LogP contribution in [0.4, 0.5) is 0 Å². The minimum absolute atomic E-state index is 0.00956. The summed E-state index contributed by atoms with van der Waals surface area (Å²) in [6.07, 6.45) is 3.71. The first-order valence-corrected chi connectivity index (χ1v) is 7.86. The fourth-order valence-electron chi connectivity index (χ4n) is 2.30. The van der Waals surface area contributed by atoms with Crippen LogP contribution in [0.3, 0.4) is 0 Å². The Kier molecular flexibility index (Phi) is 4.45. The van der Waals surface area contributed by atoms with Crippen LogP contribution in [0.15, 0.2) is 15.9 Å². The Labute approximate surface area is 120 Å². The van der Waals surface area contributed by atoms with E-state index < -0.39 is 5.60 Å². The number of aliphatic hydroxyl groups is 1. The fraction of sp³-hybridized carbons (Fsp3) is 0.615. The largest absolute Gasteiger partial charge is 0.388 e. The Morgan fingerprint density at radius 2 is 2.22 bits per heavy atom. The molecule has 18 heavy (non-hydrogen) atoms. The van der Waals surface area contributed by atoms with Crippen LogP contribution in [0.2, 0.25) is 0 Å². The van der Waals surface area contributed by atoms with Crippen molar-refractivity contribution < 1.29 is 9.90 Å². The highest BCUT2D eigenvalue weighted by Crippen LogP contribution is 2.30. The van der Waals surface area contributed by atoms with E-state index in [-0.39, 0.29) is 11.8 Å². The van der Waals surface area contributed by atoms with Gasteiger partial charge < -0.3 is 10.4 Å². The third kappa shape index (κ3) is 3.33. The molecule has 1 fully saturated rings. The maximum atomic E-state index is 12.0. The first kappa shape index (κ1) is 14.0. The van der Waals surface area contributed by atoms with Crippen molar-refractivity contribution in [3.8, 4) is 0 Å². The van der Waals surface area contributed by atoms with Gasteiger partial charge in [-0.25, -0.2) is 0 Å². The average Bonchev–Trinajstić information content (AvgIpc) is 2.95. The second-order valence-electron chi connectivity index (χ2n) is 5.01. The topological polar surface area (TPSA) is 49.3 Å². The number of carbonyl (C=O) groups is 1. The Morgan fingerprint density at radius 1 is 1.56 bits per heavy atom. The molecule has 1 unspecified atom stereocenters. The van der Waals surface area contributed by atoms with Gasteiger partial charge in [-0.15, -0.1) is 11.3 Å². The van der Waals surface area contributed by atoms with Gasteiger partial charge in [-0.1, -0.05) is 12.8 Å². The molecule has 1 saturated carbocycles. The molecule has 1 amide bonds. The molecule has 1 aliphatic carbocycles. The van der Waals surface area contributed by atoms with Crippen LogP contribution >= 0.6 is 27.3 Å². The van der Waals surface area contributed by atoms with Gasteiger partial charge in [0.15, 0.2) is 0 Å². The molecule has 0 bridgehead atoms. The molecule has 1 aromatic rings. The van der Waals surface area contributed by atoms with Gasteiger partial charge in [0.2, 0.25) is 5.91 Å². The Hall–Kier alpha value is -0.390. The van der Waals surface area contributed by atoms with E-state index >= 15 is 0 Å². The highest BCUT2D eigenvalue weighted by atomic mass is 79.9. The van der Waals surface area contributed by atoms with Crippen molar-refractivity contribution in [2.24, 2.45) is 0 Å². The normalized spacial score (nSPS) is 19.7. The molecular formula is C13H18BrNO2S. The van der Waals surface area contributed by atoms with Crippen LogP contribution in [0, 0.1) is 0 Å². The van der Waals surface area contributed by atoms with E-state index in [1.54, 1.807) is 11.3 Å². The average molecular weight is 332 g/mol. The molecule has 0 radical (unpaired) electrons. The molecular weight excluding hydrogens is 314 g/mol. The third-order valence-electron chi connectivity index (χ3n) is 3.54. The second-order valence-corrected chi connectivity index (χ2v) is 7.51. The predicted octanol–water partition coefficient (Wildman–Crippen LogP) is 3.04. The van der Waals surface area contributed by atoms with E-state index in [0.29, 0.717) is 6.54 Å². The van der Waals surface area contributed by atoms with Crippen molar-refractivity contribution in [3.63, 3.8) is 0 Å². The zero-order valence-electron chi connectivity index (χ0n) is 10.4. The molecule has 3 nitrogen and oxygen atoms in total. The van der Waals surface area contributed by atoms with Crippen LogP contribution < -0.4 is 5.32 Å². The minimum Gasteiger partial charge on any atom is -0.388 e. The van der Waals surface area contributed by atoms with Crippen molar-refractivity contribution in [1.29, 1.82) is 0 Å². The minimum atomic E-state index is -0.675. The van der Waals surface area contributed by atoms with Crippen molar-refractivity contribution in [3.05, 3.63) is 20.8 Å². The molecule has 1 atom stereocenters. The Bertz CT molecular complexity index is 426. The molecule has 2 N–H and O–H groups in total. The number of halogens is 1. The van der Waals surface area contributed by atoms with Crippen molar-refractivity contribution in [2.45, 2.75) is 44.1 Å². The van der Waals surface area contributed by atoms with Crippen LogP contribution in [0.5, 0.6) is 0 Å². The van der Waals surface area contributed by atoms with Gasteiger partial charge in [-0.05, 0) is 47.8 Å². The summed E-state index contributed by atoms with van der Waals surface area (Å²) in [7, 11) is 0. The van der Waals surface area contributed by atoms with Crippen molar-refractivity contribution in [2.75, 3.05) is 6.54 Å². The first-order chi connectivity index (χ1) is 8.50. The summed E-state index contributed by atoms with van der Waals surface area (Å²) >= 11 is 4.97. The van der Waals surface area contributed by atoms with Crippen molar-refractivity contribution in [1.82, 2.24) is 5.32 Å². The molecule has 5 heteroatoms. The lowest BCUT2D eigenvalue weighted by atomic mass is 10.0. The lowest BCUT2D eigenvalue weighted by Gasteiger charge is -2.23. The smallest absolute Gasteiger partial charge is 0.228 e. The number of hydrogen-bond acceptors (Lipinski definition) is 3. The Balaban J connectivity index is 1.88. The van der Waals surface area contributed by atoms with E-state index in [9.17, 15) is 9.90 Å². The second kappa shape index (κ2) is 5.72. The number of carbonyl (C=O) groups excluding carboxylic acids is 1. The molecule has 1 aromatic heterocycles. The van der Waals surface area contributed by atoms with Crippen molar-refractivity contribution >= 4 is 33.2 Å². The molecule has 0 spiro atoms. The monoisotopic (exact) mass is 331 g/mol. The van der Waals surface area contributed by atoms with E-state index in [1.165, 1.54) is 0 Å².